The highest BCUT2D eigenvalue weighted by Crippen LogP contribution is 2.29. The minimum Gasteiger partial charge on any atom is -0.329 e. The Morgan fingerprint density at radius 2 is 1.80 bits per heavy atom. The third kappa shape index (κ3) is 4.24. The van der Waals surface area contributed by atoms with Crippen molar-refractivity contribution in [1.29, 1.82) is 0 Å². The average Bonchev–Trinajstić information content (AvgIpc) is 2.44. The summed E-state index contributed by atoms with van der Waals surface area (Å²) >= 11 is 2.11. The van der Waals surface area contributed by atoms with Crippen molar-refractivity contribution >= 4 is 11.8 Å². The van der Waals surface area contributed by atoms with Crippen molar-refractivity contribution in [3.8, 4) is 0 Å². The van der Waals surface area contributed by atoms with Crippen LogP contribution in [0.2, 0.25) is 0 Å². The van der Waals surface area contributed by atoms with Gasteiger partial charge in [-0.15, -0.1) is 0 Å². The Balaban J connectivity index is 1.98. The van der Waals surface area contributed by atoms with Gasteiger partial charge in [0.2, 0.25) is 0 Å². The van der Waals surface area contributed by atoms with Crippen LogP contribution in [0.1, 0.15) is 38.7 Å². The van der Waals surface area contributed by atoms with Gasteiger partial charge in [0.05, 0.1) is 0 Å². The molecule has 0 bridgehead atoms. The van der Waals surface area contributed by atoms with Gasteiger partial charge in [-0.2, -0.15) is 11.8 Å². The van der Waals surface area contributed by atoms with Crippen LogP contribution >= 0.6 is 11.8 Å². The summed E-state index contributed by atoms with van der Waals surface area (Å²) in [6.45, 7) is 10.1. The lowest BCUT2D eigenvalue weighted by Crippen LogP contribution is -2.49. The van der Waals surface area contributed by atoms with Gasteiger partial charge in [-0.1, -0.05) is 51.1 Å². The smallest absolute Gasteiger partial charge is 0.0225 e. The van der Waals surface area contributed by atoms with Crippen LogP contribution in [0.5, 0.6) is 0 Å². The summed E-state index contributed by atoms with van der Waals surface area (Å²) in [6, 6.07) is 11.3. The van der Waals surface area contributed by atoms with Gasteiger partial charge in [-0.05, 0) is 17.9 Å². The second-order valence-corrected chi connectivity index (χ2v) is 8.03. The molecule has 0 amide bonds. The van der Waals surface area contributed by atoms with Crippen LogP contribution in [-0.2, 0) is 0 Å². The van der Waals surface area contributed by atoms with E-state index in [2.05, 4.69) is 67.8 Å². The summed E-state index contributed by atoms with van der Waals surface area (Å²) in [4.78, 5) is 2.62. The molecule has 20 heavy (non-hydrogen) atoms. The fourth-order valence-electron chi connectivity index (χ4n) is 3.24. The molecule has 3 heteroatoms. The molecule has 1 fully saturated rings. The molecule has 2 rings (SSSR count). The molecular formula is C17H28N2S. The van der Waals surface area contributed by atoms with E-state index in [1.165, 1.54) is 18.7 Å². The van der Waals surface area contributed by atoms with Crippen LogP contribution in [-0.4, -0.2) is 41.1 Å². The zero-order valence-corrected chi connectivity index (χ0v) is 13.8. The molecule has 0 saturated carbocycles. The van der Waals surface area contributed by atoms with Gasteiger partial charge in [0.1, 0.15) is 0 Å². The highest BCUT2D eigenvalue weighted by molar-refractivity contribution is 8.00. The van der Waals surface area contributed by atoms with Gasteiger partial charge in [-0.3, -0.25) is 4.90 Å². The van der Waals surface area contributed by atoms with E-state index in [0.29, 0.717) is 12.0 Å². The molecular weight excluding hydrogens is 264 g/mol. The molecule has 0 radical (unpaired) electrons. The van der Waals surface area contributed by atoms with Gasteiger partial charge < -0.3 is 5.73 Å². The maximum atomic E-state index is 6.07. The maximum Gasteiger partial charge on any atom is 0.0225 e. The fraction of sp³-hybridized carbons (Fsp3) is 0.647. The van der Waals surface area contributed by atoms with E-state index in [9.17, 15) is 0 Å². The first-order valence-corrected chi connectivity index (χ1v) is 8.69. The Hall–Kier alpha value is -0.510. The second kappa shape index (κ2) is 7.48. The molecule has 112 valence electrons. The number of benzene rings is 1. The number of rotatable bonds is 5. The average molecular weight is 292 g/mol. The monoisotopic (exact) mass is 292 g/mol. The van der Waals surface area contributed by atoms with E-state index in [4.69, 9.17) is 5.73 Å². The van der Waals surface area contributed by atoms with E-state index in [1.54, 1.807) is 0 Å². The van der Waals surface area contributed by atoms with E-state index >= 15 is 0 Å². The molecule has 1 aromatic rings. The summed E-state index contributed by atoms with van der Waals surface area (Å²) in [5.74, 6) is 0.574. The van der Waals surface area contributed by atoms with Crippen molar-refractivity contribution in [2.45, 2.75) is 49.7 Å². The zero-order chi connectivity index (χ0) is 14.5. The third-order valence-corrected chi connectivity index (χ3v) is 5.46. The molecule has 1 aliphatic rings. The lowest BCUT2D eigenvalue weighted by Gasteiger charge is -2.40. The minimum atomic E-state index is 0.510. The summed E-state index contributed by atoms with van der Waals surface area (Å²) in [7, 11) is 0. The topological polar surface area (TPSA) is 29.3 Å². The van der Waals surface area contributed by atoms with Gasteiger partial charge in [0, 0.05) is 36.2 Å². The molecule has 4 unspecified atom stereocenters. The third-order valence-electron chi connectivity index (χ3n) is 4.23. The lowest BCUT2D eigenvalue weighted by molar-refractivity contribution is 0.182. The van der Waals surface area contributed by atoms with Crippen molar-refractivity contribution in [3.63, 3.8) is 0 Å². The zero-order valence-electron chi connectivity index (χ0n) is 13.0. The molecule has 0 spiro atoms. The van der Waals surface area contributed by atoms with E-state index < -0.39 is 0 Å². The van der Waals surface area contributed by atoms with Gasteiger partial charge in [-0.25, -0.2) is 0 Å². The molecule has 2 N–H and O–H groups in total. The first-order valence-electron chi connectivity index (χ1n) is 7.74. The largest absolute Gasteiger partial charge is 0.329 e. The molecule has 1 aliphatic heterocycles. The van der Waals surface area contributed by atoms with Gasteiger partial charge >= 0.3 is 0 Å². The predicted molar refractivity (Wildman–Crippen MR) is 90.4 cm³/mol. The summed E-state index contributed by atoms with van der Waals surface area (Å²) in [5, 5.41) is 1.44. The predicted octanol–water partition coefficient (Wildman–Crippen LogP) is 3.33. The summed E-state index contributed by atoms with van der Waals surface area (Å²) in [5.41, 5.74) is 7.50. The molecule has 1 saturated heterocycles. The SMILES string of the molecule is CC1CN(C(CN)CC(C)c2ccccc2)CC(C)S1. The standard InChI is InChI=1S/C17H28N2S/c1-13(16-7-5-4-6-8-16)9-17(10-18)19-11-14(2)20-15(3)12-19/h4-8,13-15,17H,9-12,18H2,1-3H3. The van der Waals surface area contributed by atoms with Crippen molar-refractivity contribution in [1.82, 2.24) is 4.90 Å². The number of thioether (sulfide) groups is 1. The summed E-state index contributed by atoms with van der Waals surface area (Å²) < 4.78 is 0. The highest BCUT2D eigenvalue weighted by Gasteiger charge is 2.28. The lowest BCUT2D eigenvalue weighted by atomic mass is 9.93. The second-order valence-electron chi connectivity index (χ2n) is 6.15. The van der Waals surface area contributed by atoms with E-state index in [1.807, 2.05) is 0 Å². The molecule has 4 atom stereocenters. The number of hydrogen-bond donors (Lipinski definition) is 1. The summed E-state index contributed by atoms with van der Waals surface area (Å²) in [6.07, 6.45) is 1.16. The quantitative estimate of drug-likeness (QED) is 0.902. The molecule has 0 aromatic heterocycles. The van der Waals surface area contributed by atoms with Crippen molar-refractivity contribution in [3.05, 3.63) is 35.9 Å². The Kier molecular flexibility index (Phi) is 5.94. The van der Waals surface area contributed by atoms with E-state index in [0.717, 1.165) is 23.5 Å². The first kappa shape index (κ1) is 15.9. The van der Waals surface area contributed by atoms with Crippen molar-refractivity contribution in [2.24, 2.45) is 5.73 Å². The Bertz CT molecular complexity index is 385. The van der Waals surface area contributed by atoms with Crippen LogP contribution in [0.3, 0.4) is 0 Å². The van der Waals surface area contributed by atoms with E-state index in [-0.39, 0.29) is 0 Å². The molecule has 0 aliphatic carbocycles. The molecule has 1 aromatic carbocycles. The van der Waals surface area contributed by atoms with Crippen LogP contribution in [0, 0.1) is 0 Å². The first-order chi connectivity index (χ1) is 9.60. The van der Waals surface area contributed by atoms with Crippen LogP contribution < -0.4 is 5.73 Å². The van der Waals surface area contributed by atoms with Crippen LogP contribution in [0.15, 0.2) is 30.3 Å². The normalized spacial score (nSPS) is 27.2. The van der Waals surface area contributed by atoms with Gasteiger partial charge in [0.25, 0.3) is 0 Å². The Labute approximate surface area is 128 Å². The van der Waals surface area contributed by atoms with Crippen LogP contribution in [0.25, 0.3) is 0 Å². The minimum absolute atomic E-state index is 0.510. The molecule has 1 heterocycles. The maximum absolute atomic E-state index is 6.07. The number of hydrogen-bond acceptors (Lipinski definition) is 3. The molecule has 2 nitrogen and oxygen atoms in total. The van der Waals surface area contributed by atoms with Crippen LogP contribution in [0.4, 0.5) is 0 Å². The number of nitrogens with two attached hydrogens (primary N) is 1. The fourth-order valence-corrected chi connectivity index (χ4v) is 4.58. The van der Waals surface area contributed by atoms with Crippen molar-refractivity contribution in [2.75, 3.05) is 19.6 Å². The Morgan fingerprint density at radius 3 is 2.35 bits per heavy atom. The van der Waals surface area contributed by atoms with Crippen molar-refractivity contribution < 1.29 is 0 Å². The Morgan fingerprint density at radius 1 is 1.20 bits per heavy atom. The number of nitrogens with zero attached hydrogens (tertiary/aromatic N) is 1. The van der Waals surface area contributed by atoms with Gasteiger partial charge in [0.15, 0.2) is 0 Å². The highest BCUT2D eigenvalue weighted by atomic mass is 32.2.